The van der Waals surface area contributed by atoms with Gasteiger partial charge in [0.25, 0.3) is 0 Å². The second kappa shape index (κ2) is 6.79. The van der Waals surface area contributed by atoms with Crippen LogP contribution in [0.2, 0.25) is 0 Å². The van der Waals surface area contributed by atoms with Crippen molar-refractivity contribution in [1.82, 2.24) is 4.57 Å². The number of fused-ring (bicyclic) bond motifs is 1. The van der Waals surface area contributed by atoms with Crippen LogP contribution in [0.3, 0.4) is 0 Å². The van der Waals surface area contributed by atoms with Crippen molar-refractivity contribution in [2.45, 2.75) is 13.8 Å². The molecule has 0 spiro atoms. The molecule has 0 radical (unpaired) electrons. The van der Waals surface area contributed by atoms with Crippen molar-refractivity contribution in [3.8, 4) is 28.6 Å². The minimum atomic E-state index is 0.683. The number of nitrogens with zero attached hydrogens (tertiary/aromatic N) is 2. The van der Waals surface area contributed by atoms with E-state index in [1.807, 2.05) is 56.3 Å². The van der Waals surface area contributed by atoms with Crippen LogP contribution in [0.1, 0.15) is 16.7 Å². The monoisotopic (exact) mass is 367 g/mol. The SMILES string of the molecule is COc1ccc(-n2cc(-c3cccc(N)c3C)c3cc(C#N)c(C)cc32)cc1. The second-order valence-corrected chi connectivity index (χ2v) is 6.93. The van der Waals surface area contributed by atoms with E-state index in [-0.39, 0.29) is 0 Å². The van der Waals surface area contributed by atoms with Crippen LogP contribution in [0, 0.1) is 25.2 Å². The Labute approximate surface area is 164 Å². The summed E-state index contributed by atoms with van der Waals surface area (Å²) in [6, 6.07) is 20.3. The Kier molecular flexibility index (Phi) is 4.29. The van der Waals surface area contributed by atoms with Crippen molar-refractivity contribution in [3.05, 3.63) is 77.5 Å². The van der Waals surface area contributed by atoms with Crippen molar-refractivity contribution < 1.29 is 4.74 Å². The molecule has 0 unspecified atom stereocenters. The summed E-state index contributed by atoms with van der Waals surface area (Å²) in [7, 11) is 1.66. The highest BCUT2D eigenvalue weighted by Gasteiger charge is 2.16. The molecule has 4 heteroatoms. The zero-order chi connectivity index (χ0) is 19.8. The van der Waals surface area contributed by atoms with Gasteiger partial charge in [-0.25, -0.2) is 0 Å². The van der Waals surface area contributed by atoms with Gasteiger partial charge in [-0.05, 0) is 73.0 Å². The molecule has 0 amide bonds. The lowest BCUT2D eigenvalue weighted by molar-refractivity contribution is 0.415. The first-order valence-electron chi connectivity index (χ1n) is 9.09. The molecule has 28 heavy (non-hydrogen) atoms. The molecule has 4 nitrogen and oxygen atoms in total. The normalized spacial score (nSPS) is 10.8. The Balaban J connectivity index is 2.05. The Hall–Kier alpha value is -3.71. The average molecular weight is 367 g/mol. The van der Waals surface area contributed by atoms with Crippen molar-refractivity contribution >= 4 is 16.6 Å². The summed E-state index contributed by atoms with van der Waals surface area (Å²) < 4.78 is 7.44. The maximum absolute atomic E-state index is 9.53. The number of nitrogens with two attached hydrogens (primary N) is 1. The molecular formula is C24H21N3O. The number of nitriles is 1. The van der Waals surface area contributed by atoms with E-state index >= 15 is 0 Å². The van der Waals surface area contributed by atoms with Crippen molar-refractivity contribution in [3.63, 3.8) is 0 Å². The van der Waals surface area contributed by atoms with Crippen molar-refractivity contribution in [2.24, 2.45) is 0 Å². The Bertz CT molecular complexity index is 1230. The molecule has 0 aliphatic heterocycles. The fraction of sp³-hybridized carbons (Fsp3) is 0.125. The van der Waals surface area contributed by atoms with Gasteiger partial charge in [-0.1, -0.05) is 12.1 Å². The van der Waals surface area contributed by atoms with E-state index in [4.69, 9.17) is 10.5 Å². The summed E-state index contributed by atoms with van der Waals surface area (Å²) in [5.74, 6) is 0.815. The van der Waals surface area contributed by atoms with Gasteiger partial charge in [-0.15, -0.1) is 0 Å². The molecule has 3 aromatic carbocycles. The third-order valence-electron chi connectivity index (χ3n) is 5.29. The number of aromatic nitrogens is 1. The van der Waals surface area contributed by atoms with E-state index in [0.29, 0.717) is 5.56 Å². The number of hydrogen-bond acceptors (Lipinski definition) is 3. The molecule has 0 aliphatic carbocycles. The van der Waals surface area contributed by atoms with Crippen LogP contribution < -0.4 is 10.5 Å². The van der Waals surface area contributed by atoms with Crippen LogP contribution in [0.25, 0.3) is 27.7 Å². The van der Waals surface area contributed by atoms with Crippen molar-refractivity contribution in [2.75, 3.05) is 12.8 Å². The van der Waals surface area contributed by atoms with E-state index in [0.717, 1.165) is 50.3 Å². The van der Waals surface area contributed by atoms with Gasteiger partial charge in [0.1, 0.15) is 5.75 Å². The van der Waals surface area contributed by atoms with Gasteiger partial charge in [-0.3, -0.25) is 0 Å². The minimum absolute atomic E-state index is 0.683. The van der Waals surface area contributed by atoms with Gasteiger partial charge in [-0.2, -0.15) is 5.26 Å². The number of aryl methyl sites for hydroxylation is 1. The quantitative estimate of drug-likeness (QED) is 0.495. The highest BCUT2D eigenvalue weighted by molar-refractivity contribution is 5.99. The Morgan fingerprint density at radius 2 is 1.75 bits per heavy atom. The summed E-state index contributed by atoms with van der Waals surface area (Å²) in [5.41, 5.74) is 13.8. The Morgan fingerprint density at radius 3 is 2.43 bits per heavy atom. The van der Waals surface area contributed by atoms with Crippen LogP contribution in [0.15, 0.2) is 60.8 Å². The van der Waals surface area contributed by atoms with E-state index in [9.17, 15) is 5.26 Å². The number of hydrogen-bond donors (Lipinski definition) is 1. The average Bonchev–Trinajstić information content (AvgIpc) is 3.07. The molecule has 0 aliphatic rings. The number of ether oxygens (including phenoxy) is 1. The van der Waals surface area contributed by atoms with Gasteiger partial charge in [0.2, 0.25) is 0 Å². The first kappa shape index (κ1) is 17.7. The minimum Gasteiger partial charge on any atom is -0.497 e. The van der Waals surface area contributed by atoms with Crippen LogP contribution in [0.4, 0.5) is 5.69 Å². The van der Waals surface area contributed by atoms with E-state index in [1.165, 1.54) is 0 Å². The van der Waals surface area contributed by atoms with Crippen LogP contribution >= 0.6 is 0 Å². The molecular weight excluding hydrogens is 346 g/mol. The van der Waals surface area contributed by atoms with Gasteiger partial charge in [0.15, 0.2) is 0 Å². The summed E-state index contributed by atoms with van der Waals surface area (Å²) in [4.78, 5) is 0. The predicted octanol–water partition coefficient (Wildman–Crippen LogP) is 5.38. The lowest BCUT2D eigenvalue weighted by Gasteiger charge is -2.08. The number of anilines is 1. The van der Waals surface area contributed by atoms with Crippen LogP contribution in [-0.2, 0) is 0 Å². The molecule has 1 aromatic heterocycles. The van der Waals surface area contributed by atoms with Gasteiger partial charge in [0.05, 0.1) is 24.3 Å². The molecule has 0 saturated carbocycles. The van der Waals surface area contributed by atoms with Crippen LogP contribution in [0.5, 0.6) is 5.75 Å². The first-order chi connectivity index (χ1) is 13.5. The number of nitrogen functional groups attached to an aromatic ring is 1. The maximum atomic E-state index is 9.53. The fourth-order valence-corrected chi connectivity index (χ4v) is 3.61. The highest BCUT2D eigenvalue weighted by atomic mass is 16.5. The zero-order valence-electron chi connectivity index (χ0n) is 16.2. The standard InChI is InChI=1S/C24H21N3O/c1-15-11-24-21(12-17(15)13-25)22(20-5-4-6-23(26)16(20)2)14-27(24)18-7-9-19(28-3)10-8-18/h4-12,14H,26H2,1-3H3. The molecule has 138 valence electrons. The highest BCUT2D eigenvalue weighted by Crippen LogP contribution is 2.37. The molecule has 0 fully saturated rings. The molecule has 0 bridgehead atoms. The topological polar surface area (TPSA) is 64.0 Å². The van der Waals surface area contributed by atoms with Gasteiger partial charge < -0.3 is 15.0 Å². The molecule has 4 aromatic rings. The number of rotatable bonds is 3. The largest absolute Gasteiger partial charge is 0.497 e. The first-order valence-corrected chi connectivity index (χ1v) is 9.09. The van der Waals surface area contributed by atoms with Crippen molar-refractivity contribution in [1.29, 1.82) is 5.26 Å². The zero-order valence-corrected chi connectivity index (χ0v) is 16.2. The third-order valence-corrected chi connectivity index (χ3v) is 5.29. The van der Waals surface area contributed by atoms with E-state index in [1.54, 1.807) is 7.11 Å². The van der Waals surface area contributed by atoms with Gasteiger partial charge >= 0.3 is 0 Å². The summed E-state index contributed by atoms with van der Waals surface area (Å²) in [6.07, 6.45) is 2.12. The summed E-state index contributed by atoms with van der Waals surface area (Å²) in [5, 5.41) is 10.6. The molecule has 1 heterocycles. The Morgan fingerprint density at radius 1 is 1.00 bits per heavy atom. The molecule has 4 rings (SSSR count). The van der Waals surface area contributed by atoms with E-state index < -0.39 is 0 Å². The van der Waals surface area contributed by atoms with Crippen LogP contribution in [-0.4, -0.2) is 11.7 Å². The number of benzene rings is 3. The predicted molar refractivity (Wildman–Crippen MR) is 114 cm³/mol. The number of methoxy groups -OCH3 is 1. The molecule has 0 saturated heterocycles. The lowest BCUT2D eigenvalue weighted by atomic mass is 9.97. The summed E-state index contributed by atoms with van der Waals surface area (Å²) in [6.45, 7) is 4.00. The summed E-state index contributed by atoms with van der Waals surface area (Å²) >= 11 is 0. The maximum Gasteiger partial charge on any atom is 0.119 e. The van der Waals surface area contributed by atoms with Gasteiger partial charge in [0, 0.05) is 28.5 Å². The third kappa shape index (κ3) is 2.78. The smallest absolute Gasteiger partial charge is 0.119 e. The second-order valence-electron chi connectivity index (χ2n) is 6.93. The lowest BCUT2D eigenvalue weighted by Crippen LogP contribution is -1.93. The molecule has 0 atom stereocenters. The fourth-order valence-electron chi connectivity index (χ4n) is 3.61. The molecule has 2 N–H and O–H groups in total. The van der Waals surface area contributed by atoms with E-state index in [2.05, 4.69) is 29.0 Å².